The van der Waals surface area contributed by atoms with Gasteiger partial charge in [0, 0.05) is 5.56 Å². The van der Waals surface area contributed by atoms with E-state index < -0.39 is 0 Å². The number of rotatable bonds is 5. The summed E-state index contributed by atoms with van der Waals surface area (Å²) in [6.45, 7) is 0.850. The van der Waals surface area contributed by atoms with Gasteiger partial charge in [-0.05, 0) is 32.1 Å². The van der Waals surface area contributed by atoms with Gasteiger partial charge in [-0.1, -0.05) is 11.6 Å². The first kappa shape index (κ1) is 12.1. The van der Waals surface area contributed by atoms with Crippen LogP contribution in [-0.2, 0) is 6.42 Å². The maximum absolute atomic E-state index is 6.20. The Morgan fingerprint density at radius 2 is 1.80 bits per heavy atom. The van der Waals surface area contributed by atoms with Crippen molar-refractivity contribution >= 4 is 11.6 Å². The van der Waals surface area contributed by atoms with Crippen molar-refractivity contribution in [1.29, 1.82) is 0 Å². The van der Waals surface area contributed by atoms with Gasteiger partial charge in [-0.2, -0.15) is 0 Å². The SMILES string of the molecule is CNCCc1c(OC)ccc(OC)c1Cl. The zero-order chi connectivity index (χ0) is 11.3. The molecule has 1 aromatic rings. The standard InChI is InChI=1S/C11H16ClNO2/c1-13-7-6-8-9(14-2)4-5-10(15-3)11(8)12/h4-5,13H,6-7H2,1-3H3. The first-order valence-electron chi connectivity index (χ1n) is 4.78. The van der Waals surface area contributed by atoms with Crippen molar-refractivity contribution in [2.45, 2.75) is 6.42 Å². The van der Waals surface area contributed by atoms with Crippen LogP contribution in [0.5, 0.6) is 11.5 Å². The van der Waals surface area contributed by atoms with E-state index in [1.54, 1.807) is 14.2 Å². The van der Waals surface area contributed by atoms with Crippen molar-refractivity contribution in [2.75, 3.05) is 27.8 Å². The molecule has 0 aliphatic heterocycles. The Hall–Kier alpha value is -0.930. The summed E-state index contributed by atoms with van der Waals surface area (Å²) in [6.07, 6.45) is 0.815. The van der Waals surface area contributed by atoms with Gasteiger partial charge in [0.05, 0.1) is 19.2 Å². The minimum atomic E-state index is 0.632. The molecule has 0 aliphatic rings. The molecule has 0 spiro atoms. The highest BCUT2D eigenvalue weighted by molar-refractivity contribution is 6.33. The average Bonchev–Trinajstić information content (AvgIpc) is 2.27. The van der Waals surface area contributed by atoms with E-state index in [1.807, 2.05) is 19.2 Å². The van der Waals surface area contributed by atoms with Crippen molar-refractivity contribution in [2.24, 2.45) is 0 Å². The van der Waals surface area contributed by atoms with E-state index >= 15 is 0 Å². The van der Waals surface area contributed by atoms with Crippen molar-refractivity contribution < 1.29 is 9.47 Å². The van der Waals surface area contributed by atoms with Crippen LogP contribution in [0.2, 0.25) is 5.02 Å². The zero-order valence-corrected chi connectivity index (χ0v) is 10.0. The summed E-state index contributed by atoms with van der Waals surface area (Å²) >= 11 is 6.20. The molecule has 15 heavy (non-hydrogen) atoms. The quantitative estimate of drug-likeness (QED) is 0.839. The number of hydrogen-bond donors (Lipinski definition) is 1. The predicted octanol–water partition coefficient (Wildman–Crippen LogP) is 2.12. The lowest BCUT2D eigenvalue weighted by atomic mass is 10.1. The fraction of sp³-hybridized carbons (Fsp3) is 0.455. The molecule has 0 saturated carbocycles. The number of benzene rings is 1. The van der Waals surface area contributed by atoms with Gasteiger partial charge in [-0.15, -0.1) is 0 Å². The van der Waals surface area contributed by atoms with E-state index in [0.717, 1.165) is 24.3 Å². The number of methoxy groups -OCH3 is 2. The van der Waals surface area contributed by atoms with Gasteiger partial charge in [0.15, 0.2) is 0 Å². The van der Waals surface area contributed by atoms with E-state index in [4.69, 9.17) is 21.1 Å². The van der Waals surface area contributed by atoms with Gasteiger partial charge in [0.1, 0.15) is 11.5 Å². The number of hydrogen-bond acceptors (Lipinski definition) is 3. The largest absolute Gasteiger partial charge is 0.496 e. The Morgan fingerprint density at radius 1 is 1.20 bits per heavy atom. The molecule has 1 N–H and O–H groups in total. The van der Waals surface area contributed by atoms with Crippen molar-refractivity contribution in [3.63, 3.8) is 0 Å². The highest BCUT2D eigenvalue weighted by Gasteiger charge is 2.12. The summed E-state index contributed by atoms with van der Waals surface area (Å²) in [4.78, 5) is 0. The van der Waals surface area contributed by atoms with Crippen LogP contribution in [0.15, 0.2) is 12.1 Å². The molecule has 84 valence electrons. The Kier molecular flexibility index (Phi) is 4.72. The van der Waals surface area contributed by atoms with Gasteiger partial charge in [0.25, 0.3) is 0 Å². The van der Waals surface area contributed by atoms with Gasteiger partial charge >= 0.3 is 0 Å². The smallest absolute Gasteiger partial charge is 0.138 e. The molecule has 1 rings (SSSR count). The van der Waals surface area contributed by atoms with Crippen LogP contribution in [0, 0.1) is 0 Å². The van der Waals surface area contributed by atoms with Crippen molar-refractivity contribution in [3.05, 3.63) is 22.7 Å². The molecule has 0 unspecified atom stereocenters. The van der Waals surface area contributed by atoms with Crippen LogP contribution in [0.1, 0.15) is 5.56 Å². The lowest BCUT2D eigenvalue weighted by Gasteiger charge is -2.13. The minimum Gasteiger partial charge on any atom is -0.496 e. The third-order valence-electron chi connectivity index (χ3n) is 2.23. The summed E-state index contributed by atoms with van der Waals surface area (Å²) in [7, 11) is 5.15. The highest BCUT2D eigenvalue weighted by atomic mass is 35.5. The molecular formula is C11H16ClNO2. The molecule has 0 aliphatic carbocycles. The maximum atomic E-state index is 6.20. The number of likely N-dealkylation sites (N-methyl/N-ethyl adjacent to an activating group) is 1. The number of nitrogens with one attached hydrogen (secondary N) is 1. The summed E-state index contributed by atoms with van der Waals surface area (Å²) < 4.78 is 10.4. The van der Waals surface area contributed by atoms with Crippen molar-refractivity contribution in [3.8, 4) is 11.5 Å². The fourth-order valence-corrected chi connectivity index (χ4v) is 1.74. The summed E-state index contributed by atoms with van der Waals surface area (Å²) in [5, 5.41) is 3.71. The topological polar surface area (TPSA) is 30.5 Å². The van der Waals surface area contributed by atoms with Crippen LogP contribution in [0.25, 0.3) is 0 Å². The fourth-order valence-electron chi connectivity index (χ4n) is 1.41. The Labute approximate surface area is 95.3 Å². The molecule has 1 aromatic carbocycles. The zero-order valence-electron chi connectivity index (χ0n) is 9.26. The molecule has 0 fully saturated rings. The first-order chi connectivity index (χ1) is 7.24. The molecule has 0 amide bonds. The molecule has 4 heteroatoms. The molecule has 3 nitrogen and oxygen atoms in total. The number of ether oxygens (including phenoxy) is 2. The average molecular weight is 230 g/mol. The lowest BCUT2D eigenvalue weighted by Crippen LogP contribution is -2.11. The van der Waals surface area contributed by atoms with Crippen LogP contribution in [0.4, 0.5) is 0 Å². The van der Waals surface area contributed by atoms with E-state index in [1.165, 1.54) is 0 Å². The van der Waals surface area contributed by atoms with Crippen LogP contribution in [-0.4, -0.2) is 27.8 Å². The number of halogens is 1. The Morgan fingerprint density at radius 3 is 2.33 bits per heavy atom. The second-order valence-corrected chi connectivity index (χ2v) is 3.49. The Bertz CT molecular complexity index is 329. The maximum Gasteiger partial charge on any atom is 0.138 e. The predicted molar refractivity (Wildman–Crippen MR) is 62.2 cm³/mol. The van der Waals surface area contributed by atoms with Gasteiger partial charge < -0.3 is 14.8 Å². The lowest BCUT2D eigenvalue weighted by molar-refractivity contribution is 0.398. The van der Waals surface area contributed by atoms with Crippen LogP contribution in [0.3, 0.4) is 0 Å². The van der Waals surface area contributed by atoms with Gasteiger partial charge in [-0.25, -0.2) is 0 Å². The molecule has 0 atom stereocenters. The van der Waals surface area contributed by atoms with Crippen LogP contribution < -0.4 is 14.8 Å². The molecular weight excluding hydrogens is 214 g/mol. The molecule has 0 heterocycles. The van der Waals surface area contributed by atoms with E-state index in [2.05, 4.69) is 5.32 Å². The van der Waals surface area contributed by atoms with E-state index in [0.29, 0.717) is 10.8 Å². The Balaban J connectivity index is 3.05. The normalized spacial score (nSPS) is 10.1. The van der Waals surface area contributed by atoms with E-state index in [9.17, 15) is 0 Å². The monoisotopic (exact) mass is 229 g/mol. The third kappa shape index (κ3) is 2.76. The summed E-state index contributed by atoms with van der Waals surface area (Å²) in [6, 6.07) is 3.68. The second-order valence-electron chi connectivity index (χ2n) is 3.12. The van der Waals surface area contributed by atoms with Gasteiger partial charge in [-0.3, -0.25) is 0 Å². The molecule has 0 aromatic heterocycles. The summed E-state index contributed by atoms with van der Waals surface area (Å²) in [5.41, 5.74) is 0.980. The molecule has 0 bridgehead atoms. The summed E-state index contributed by atoms with van der Waals surface area (Å²) in [5.74, 6) is 1.49. The van der Waals surface area contributed by atoms with Gasteiger partial charge in [0.2, 0.25) is 0 Å². The van der Waals surface area contributed by atoms with Crippen molar-refractivity contribution in [1.82, 2.24) is 5.32 Å². The molecule has 0 radical (unpaired) electrons. The first-order valence-corrected chi connectivity index (χ1v) is 5.16. The second kappa shape index (κ2) is 5.83. The minimum absolute atomic E-state index is 0.632. The van der Waals surface area contributed by atoms with E-state index in [-0.39, 0.29) is 0 Å². The third-order valence-corrected chi connectivity index (χ3v) is 2.64. The molecule has 0 saturated heterocycles. The highest BCUT2D eigenvalue weighted by Crippen LogP contribution is 2.34. The van der Waals surface area contributed by atoms with Crippen LogP contribution >= 0.6 is 11.6 Å².